The molecule has 126 valence electrons. The molecule has 0 aliphatic rings. The Kier molecular flexibility index (Phi) is 5.08. The number of benzene rings is 1. The second-order valence-electron chi connectivity index (χ2n) is 6.30. The molecule has 0 fully saturated rings. The van der Waals surface area contributed by atoms with Crippen LogP contribution in [0, 0.1) is 0 Å². The van der Waals surface area contributed by atoms with Gasteiger partial charge < -0.3 is 0 Å². The molecule has 3 rings (SSSR count). The van der Waals surface area contributed by atoms with Gasteiger partial charge in [0.05, 0.1) is 15.2 Å². The fraction of sp³-hybridized carbons (Fsp3) is 0.375. The average molecular weight is 424 g/mol. The summed E-state index contributed by atoms with van der Waals surface area (Å²) < 4.78 is 1.97. The van der Waals surface area contributed by atoms with Gasteiger partial charge >= 0.3 is 0 Å². The van der Waals surface area contributed by atoms with Crippen LogP contribution in [0.15, 0.2) is 37.5 Å². The highest BCUT2D eigenvalue weighted by Gasteiger charge is 2.23. The molecule has 3 aromatic rings. The monoisotopic (exact) mass is 423 g/mol. The lowest BCUT2D eigenvalue weighted by atomic mass is 9.93. The molecular formula is C16H18BrN5S2. The molecule has 8 heteroatoms. The van der Waals surface area contributed by atoms with Crippen molar-refractivity contribution in [3.05, 3.63) is 39.3 Å². The van der Waals surface area contributed by atoms with E-state index in [-0.39, 0.29) is 5.41 Å². The first-order valence-corrected chi connectivity index (χ1v) is 10.0. The predicted octanol–water partition coefficient (Wildman–Crippen LogP) is 4.89. The minimum Gasteiger partial charge on any atom is -0.232 e. The van der Waals surface area contributed by atoms with E-state index < -0.39 is 0 Å². The Bertz CT molecular complexity index is 850. The van der Waals surface area contributed by atoms with Crippen LogP contribution in [-0.4, -0.2) is 25.2 Å². The molecule has 0 aliphatic heterocycles. The number of thiazole rings is 1. The van der Waals surface area contributed by atoms with Gasteiger partial charge in [-0.15, -0.1) is 15.0 Å². The second-order valence-corrected chi connectivity index (χ2v) is 9.83. The summed E-state index contributed by atoms with van der Waals surface area (Å²) in [7, 11) is 0. The molecule has 2 aromatic heterocycles. The molecule has 0 spiro atoms. The number of hydrogen-bond donors (Lipinski definition) is 0. The SMILES string of the molecule is CCc1ccccc1-n1nnc(Sc2nc(C(C)(C)C)c(Br)s2)n1. The van der Waals surface area contributed by atoms with E-state index in [2.05, 4.69) is 65.1 Å². The van der Waals surface area contributed by atoms with Crippen LogP contribution < -0.4 is 0 Å². The van der Waals surface area contributed by atoms with Crippen molar-refractivity contribution in [1.82, 2.24) is 25.2 Å². The summed E-state index contributed by atoms with van der Waals surface area (Å²) in [5.41, 5.74) is 3.21. The first kappa shape index (κ1) is 17.6. The number of nitrogens with zero attached hydrogens (tertiary/aromatic N) is 5. The van der Waals surface area contributed by atoms with Crippen LogP contribution in [-0.2, 0) is 11.8 Å². The molecule has 2 heterocycles. The first-order chi connectivity index (χ1) is 11.4. The van der Waals surface area contributed by atoms with Gasteiger partial charge in [-0.3, -0.25) is 0 Å². The average Bonchev–Trinajstić information content (AvgIpc) is 3.14. The number of rotatable bonds is 4. The lowest BCUT2D eigenvalue weighted by Crippen LogP contribution is -2.12. The quantitative estimate of drug-likeness (QED) is 0.597. The number of hydrogen-bond acceptors (Lipinski definition) is 6. The maximum Gasteiger partial charge on any atom is 0.238 e. The topological polar surface area (TPSA) is 56.5 Å². The number of aromatic nitrogens is 5. The van der Waals surface area contributed by atoms with Gasteiger partial charge in [-0.1, -0.05) is 57.2 Å². The zero-order chi connectivity index (χ0) is 17.3. The normalized spacial score (nSPS) is 11.9. The van der Waals surface area contributed by atoms with Crippen LogP contribution in [0.5, 0.6) is 0 Å². The Balaban J connectivity index is 1.85. The van der Waals surface area contributed by atoms with Crippen LogP contribution in [0.2, 0.25) is 0 Å². The van der Waals surface area contributed by atoms with E-state index in [4.69, 9.17) is 4.98 Å². The third-order valence-electron chi connectivity index (χ3n) is 3.44. The second kappa shape index (κ2) is 6.93. The fourth-order valence-electron chi connectivity index (χ4n) is 2.22. The third-order valence-corrected chi connectivity index (χ3v) is 6.05. The molecule has 0 aliphatic carbocycles. The van der Waals surface area contributed by atoms with E-state index in [1.165, 1.54) is 17.3 Å². The van der Waals surface area contributed by atoms with E-state index in [0.29, 0.717) is 5.16 Å². The summed E-state index contributed by atoms with van der Waals surface area (Å²) in [6, 6.07) is 8.10. The highest BCUT2D eigenvalue weighted by molar-refractivity contribution is 9.11. The van der Waals surface area contributed by atoms with Gasteiger partial charge in [0.1, 0.15) is 0 Å². The largest absolute Gasteiger partial charge is 0.238 e. The first-order valence-electron chi connectivity index (χ1n) is 7.61. The summed E-state index contributed by atoms with van der Waals surface area (Å²) in [4.78, 5) is 6.30. The molecule has 1 aromatic carbocycles. The van der Waals surface area contributed by atoms with Crippen molar-refractivity contribution in [2.45, 2.75) is 49.0 Å². The maximum atomic E-state index is 4.71. The van der Waals surface area contributed by atoms with Crippen LogP contribution in [0.25, 0.3) is 5.69 Å². The van der Waals surface area contributed by atoms with Gasteiger partial charge in [0.25, 0.3) is 0 Å². The van der Waals surface area contributed by atoms with Gasteiger partial charge in [0, 0.05) is 5.41 Å². The van der Waals surface area contributed by atoms with Crippen molar-refractivity contribution in [3.63, 3.8) is 0 Å². The van der Waals surface area contributed by atoms with Crippen LogP contribution in [0.4, 0.5) is 0 Å². The van der Waals surface area contributed by atoms with Crippen molar-refractivity contribution in [3.8, 4) is 5.69 Å². The van der Waals surface area contributed by atoms with E-state index in [9.17, 15) is 0 Å². The minimum absolute atomic E-state index is 0.000746. The summed E-state index contributed by atoms with van der Waals surface area (Å²) in [5.74, 6) is 0. The van der Waals surface area contributed by atoms with Crippen molar-refractivity contribution >= 4 is 39.0 Å². The van der Waals surface area contributed by atoms with Crippen LogP contribution in [0.3, 0.4) is 0 Å². The molecule has 0 saturated heterocycles. The van der Waals surface area contributed by atoms with Crippen molar-refractivity contribution < 1.29 is 0 Å². The highest BCUT2D eigenvalue weighted by Crippen LogP contribution is 2.38. The van der Waals surface area contributed by atoms with E-state index in [1.807, 2.05) is 18.2 Å². The maximum absolute atomic E-state index is 4.71. The predicted molar refractivity (Wildman–Crippen MR) is 101 cm³/mol. The Morgan fingerprint density at radius 1 is 1.25 bits per heavy atom. The number of halogens is 1. The molecule has 0 amide bonds. The molecule has 0 bridgehead atoms. The summed E-state index contributed by atoms with van der Waals surface area (Å²) in [6.07, 6.45) is 0.925. The van der Waals surface area contributed by atoms with E-state index in [0.717, 1.165) is 25.9 Å². The Morgan fingerprint density at radius 2 is 2.00 bits per heavy atom. The number of tetrazole rings is 1. The number of para-hydroxylation sites is 1. The van der Waals surface area contributed by atoms with Gasteiger partial charge in [0.15, 0.2) is 4.34 Å². The van der Waals surface area contributed by atoms with Crippen molar-refractivity contribution in [2.75, 3.05) is 0 Å². The summed E-state index contributed by atoms with van der Waals surface area (Å²) in [6.45, 7) is 8.57. The molecule has 0 N–H and O–H groups in total. The number of aryl methyl sites for hydroxylation is 1. The Labute approximate surface area is 158 Å². The summed E-state index contributed by atoms with van der Waals surface area (Å²) in [5, 5.41) is 13.4. The fourth-order valence-corrected chi connectivity index (χ4v) is 5.55. The Hall–Kier alpha value is -1.25. The van der Waals surface area contributed by atoms with Crippen LogP contribution in [0.1, 0.15) is 39.0 Å². The van der Waals surface area contributed by atoms with Gasteiger partial charge in [-0.2, -0.15) is 0 Å². The molecule has 0 atom stereocenters. The highest BCUT2D eigenvalue weighted by atomic mass is 79.9. The molecule has 0 saturated carbocycles. The van der Waals surface area contributed by atoms with E-state index >= 15 is 0 Å². The molecule has 24 heavy (non-hydrogen) atoms. The summed E-state index contributed by atoms with van der Waals surface area (Å²) >= 11 is 6.65. The minimum atomic E-state index is -0.000746. The van der Waals surface area contributed by atoms with Crippen molar-refractivity contribution in [1.29, 1.82) is 0 Å². The molecule has 0 unspecified atom stereocenters. The Morgan fingerprint density at radius 3 is 2.67 bits per heavy atom. The molecular weight excluding hydrogens is 406 g/mol. The lowest BCUT2D eigenvalue weighted by Gasteiger charge is -2.15. The van der Waals surface area contributed by atoms with Crippen LogP contribution >= 0.6 is 39.0 Å². The smallest absolute Gasteiger partial charge is 0.232 e. The standard InChI is InChI=1S/C16H18BrN5S2/c1-5-10-8-6-7-9-11(10)22-20-14(19-21-22)24-15-18-12(13(17)23-15)16(2,3)4/h6-9H,5H2,1-4H3. The zero-order valence-electron chi connectivity index (χ0n) is 13.9. The molecule has 0 radical (unpaired) electrons. The third kappa shape index (κ3) is 3.70. The molecule has 5 nitrogen and oxygen atoms in total. The van der Waals surface area contributed by atoms with Gasteiger partial charge in [0.2, 0.25) is 5.16 Å². The van der Waals surface area contributed by atoms with Gasteiger partial charge in [-0.05, 0) is 51.0 Å². The van der Waals surface area contributed by atoms with Crippen molar-refractivity contribution in [2.24, 2.45) is 0 Å². The lowest BCUT2D eigenvalue weighted by molar-refractivity contribution is 0.566. The van der Waals surface area contributed by atoms with Gasteiger partial charge in [-0.25, -0.2) is 4.98 Å². The zero-order valence-corrected chi connectivity index (χ0v) is 17.2. The van der Waals surface area contributed by atoms with E-state index in [1.54, 1.807) is 16.1 Å².